The summed E-state index contributed by atoms with van der Waals surface area (Å²) in [5.41, 5.74) is 0. The highest BCUT2D eigenvalue weighted by Crippen LogP contribution is 1.93. The molecule has 0 aliphatic carbocycles. The lowest BCUT2D eigenvalue weighted by Crippen LogP contribution is -2.50. The van der Waals surface area contributed by atoms with E-state index in [-0.39, 0.29) is 11.9 Å². The van der Waals surface area contributed by atoms with Crippen LogP contribution in [0.15, 0.2) is 18.5 Å². The third-order valence-electron chi connectivity index (χ3n) is 2.52. The molecule has 0 fully saturated rings. The fraction of sp³-hybridized carbons (Fsp3) is 0.583. The number of carbonyl (C=O) groups excluding carboxylic acids is 2. The molecule has 3 amide bonds. The Labute approximate surface area is 112 Å². The predicted molar refractivity (Wildman–Crippen MR) is 71.5 cm³/mol. The summed E-state index contributed by atoms with van der Waals surface area (Å²) in [5, 5.41) is 12.0. The van der Waals surface area contributed by atoms with Crippen LogP contribution >= 0.6 is 0 Å². The van der Waals surface area contributed by atoms with Crippen molar-refractivity contribution in [2.24, 2.45) is 0 Å². The summed E-state index contributed by atoms with van der Waals surface area (Å²) in [7, 11) is 0. The number of carbonyl (C=O) groups is 2. The summed E-state index contributed by atoms with van der Waals surface area (Å²) >= 11 is 0. The topological polar surface area (TPSA) is 88.0 Å². The van der Waals surface area contributed by atoms with Gasteiger partial charge in [-0.3, -0.25) is 14.8 Å². The molecule has 1 heterocycles. The van der Waals surface area contributed by atoms with Crippen molar-refractivity contribution < 1.29 is 9.59 Å². The largest absolute Gasteiger partial charge is 0.338 e. The molecule has 2 atom stereocenters. The molecule has 3 N–H and O–H groups in total. The van der Waals surface area contributed by atoms with Crippen LogP contribution in [0.1, 0.15) is 20.8 Å². The van der Waals surface area contributed by atoms with Crippen LogP contribution in [-0.2, 0) is 11.3 Å². The highest BCUT2D eigenvalue weighted by molar-refractivity contribution is 5.96. The molecule has 1 aromatic heterocycles. The number of amides is 3. The van der Waals surface area contributed by atoms with Crippen molar-refractivity contribution in [1.82, 2.24) is 25.7 Å². The van der Waals surface area contributed by atoms with Gasteiger partial charge in [-0.25, -0.2) is 4.79 Å². The second kappa shape index (κ2) is 7.52. The molecule has 0 aliphatic heterocycles. The van der Waals surface area contributed by atoms with Crippen molar-refractivity contribution in [1.29, 1.82) is 0 Å². The number of urea groups is 1. The van der Waals surface area contributed by atoms with Crippen LogP contribution < -0.4 is 16.0 Å². The van der Waals surface area contributed by atoms with Crippen molar-refractivity contribution in [3.8, 4) is 0 Å². The Kier molecular flexibility index (Phi) is 6.01. The molecule has 106 valence electrons. The molecule has 1 aromatic rings. The number of rotatable bonds is 6. The Balaban J connectivity index is 2.34. The van der Waals surface area contributed by atoms with Crippen molar-refractivity contribution in [3.05, 3.63) is 18.5 Å². The van der Waals surface area contributed by atoms with Gasteiger partial charge in [0.2, 0.25) is 5.91 Å². The smallest absolute Gasteiger partial charge is 0.321 e. The molecular weight excluding hydrogens is 246 g/mol. The lowest BCUT2D eigenvalue weighted by atomic mass is 10.2. The number of hydrogen-bond acceptors (Lipinski definition) is 4. The van der Waals surface area contributed by atoms with E-state index in [1.165, 1.54) is 0 Å². The average molecular weight is 267 g/mol. The van der Waals surface area contributed by atoms with Gasteiger partial charge >= 0.3 is 6.03 Å². The maximum absolute atomic E-state index is 11.7. The van der Waals surface area contributed by atoms with E-state index in [1.807, 2.05) is 19.2 Å². The van der Waals surface area contributed by atoms with Gasteiger partial charge in [-0.2, -0.15) is 5.10 Å². The first-order valence-corrected chi connectivity index (χ1v) is 6.35. The number of aromatic nitrogens is 2. The monoisotopic (exact) mass is 267 g/mol. The molecule has 0 spiro atoms. The summed E-state index contributed by atoms with van der Waals surface area (Å²) in [6.07, 6.45) is 3.57. The van der Waals surface area contributed by atoms with Gasteiger partial charge in [0.25, 0.3) is 0 Å². The van der Waals surface area contributed by atoms with E-state index in [9.17, 15) is 9.59 Å². The summed E-state index contributed by atoms with van der Waals surface area (Å²) in [5.74, 6) is -0.349. The third-order valence-corrected chi connectivity index (χ3v) is 2.52. The first-order chi connectivity index (χ1) is 9.02. The van der Waals surface area contributed by atoms with Gasteiger partial charge in [0.05, 0.1) is 12.6 Å². The second-order valence-electron chi connectivity index (χ2n) is 4.37. The maximum atomic E-state index is 11.7. The first-order valence-electron chi connectivity index (χ1n) is 6.35. The van der Waals surface area contributed by atoms with E-state index in [0.29, 0.717) is 13.1 Å². The zero-order valence-corrected chi connectivity index (χ0v) is 11.5. The number of nitrogens with one attached hydrogen (secondary N) is 3. The van der Waals surface area contributed by atoms with Crippen molar-refractivity contribution in [2.45, 2.75) is 39.4 Å². The summed E-state index contributed by atoms with van der Waals surface area (Å²) in [4.78, 5) is 22.9. The highest BCUT2D eigenvalue weighted by atomic mass is 16.2. The molecule has 19 heavy (non-hydrogen) atoms. The number of imide groups is 1. The number of nitrogens with zero attached hydrogens (tertiary/aromatic N) is 2. The quantitative estimate of drug-likeness (QED) is 0.682. The summed E-state index contributed by atoms with van der Waals surface area (Å²) < 4.78 is 1.78. The summed E-state index contributed by atoms with van der Waals surface area (Å²) in [6.45, 7) is 6.60. The summed E-state index contributed by atoms with van der Waals surface area (Å²) in [6, 6.07) is 0.988. The van der Waals surface area contributed by atoms with Gasteiger partial charge in [-0.1, -0.05) is 0 Å². The van der Waals surface area contributed by atoms with Crippen LogP contribution in [0.5, 0.6) is 0 Å². The second-order valence-corrected chi connectivity index (χ2v) is 4.37. The molecule has 0 saturated carbocycles. The molecule has 0 bridgehead atoms. The van der Waals surface area contributed by atoms with Crippen LogP contribution in [0, 0.1) is 0 Å². The van der Waals surface area contributed by atoms with Gasteiger partial charge in [-0.05, 0) is 26.8 Å². The maximum Gasteiger partial charge on any atom is 0.321 e. The predicted octanol–water partition coefficient (Wildman–Crippen LogP) is 0.0954. The number of hydrogen-bond donors (Lipinski definition) is 3. The van der Waals surface area contributed by atoms with Crippen LogP contribution in [0.3, 0.4) is 0 Å². The van der Waals surface area contributed by atoms with E-state index < -0.39 is 12.1 Å². The Morgan fingerprint density at radius 1 is 1.37 bits per heavy atom. The Morgan fingerprint density at radius 3 is 2.68 bits per heavy atom. The Morgan fingerprint density at radius 2 is 2.11 bits per heavy atom. The van der Waals surface area contributed by atoms with Crippen LogP contribution in [0.4, 0.5) is 4.79 Å². The lowest BCUT2D eigenvalue weighted by Gasteiger charge is -2.19. The molecule has 1 rings (SSSR count). The third kappa shape index (κ3) is 5.52. The minimum absolute atomic E-state index is 0.0647. The van der Waals surface area contributed by atoms with Gasteiger partial charge in [0.1, 0.15) is 0 Å². The molecule has 0 saturated heterocycles. The highest BCUT2D eigenvalue weighted by Gasteiger charge is 2.17. The normalized spacial score (nSPS) is 13.6. The van der Waals surface area contributed by atoms with E-state index in [2.05, 4.69) is 21.0 Å². The van der Waals surface area contributed by atoms with Crippen LogP contribution in [-0.4, -0.2) is 40.3 Å². The van der Waals surface area contributed by atoms with Gasteiger partial charge in [-0.15, -0.1) is 0 Å². The lowest BCUT2D eigenvalue weighted by molar-refractivity contribution is -0.121. The van der Waals surface area contributed by atoms with Crippen molar-refractivity contribution in [2.75, 3.05) is 6.54 Å². The van der Waals surface area contributed by atoms with E-state index >= 15 is 0 Å². The molecule has 0 aromatic carbocycles. The fourth-order valence-electron chi connectivity index (χ4n) is 1.67. The zero-order chi connectivity index (χ0) is 14.3. The minimum Gasteiger partial charge on any atom is -0.338 e. The molecular formula is C12H21N5O2. The van der Waals surface area contributed by atoms with Crippen molar-refractivity contribution >= 4 is 11.9 Å². The first kappa shape index (κ1) is 15.2. The van der Waals surface area contributed by atoms with Gasteiger partial charge in [0.15, 0.2) is 0 Å². The molecule has 7 heteroatoms. The van der Waals surface area contributed by atoms with Gasteiger partial charge < -0.3 is 10.6 Å². The molecule has 0 radical (unpaired) electrons. The van der Waals surface area contributed by atoms with Crippen LogP contribution in [0.2, 0.25) is 0 Å². The van der Waals surface area contributed by atoms with E-state index in [1.54, 1.807) is 24.7 Å². The standard InChI is InChI=1S/C12H21N5O2/c1-4-13-12(19)16-11(18)10(3)15-9(2)8-17-7-5-6-14-17/h5-7,9-10,15H,4,8H2,1-3H3,(H2,13,16,18,19). The molecule has 0 aliphatic rings. The fourth-order valence-corrected chi connectivity index (χ4v) is 1.67. The Hall–Kier alpha value is -1.89. The average Bonchev–Trinajstić information content (AvgIpc) is 2.81. The molecule has 7 nitrogen and oxygen atoms in total. The van der Waals surface area contributed by atoms with Crippen LogP contribution in [0.25, 0.3) is 0 Å². The molecule has 2 unspecified atom stereocenters. The van der Waals surface area contributed by atoms with E-state index in [4.69, 9.17) is 0 Å². The zero-order valence-electron chi connectivity index (χ0n) is 11.5. The Bertz CT molecular complexity index is 404. The minimum atomic E-state index is -0.471. The van der Waals surface area contributed by atoms with Gasteiger partial charge in [0, 0.05) is 25.0 Å². The van der Waals surface area contributed by atoms with Crippen molar-refractivity contribution in [3.63, 3.8) is 0 Å². The SMILES string of the molecule is CCNC(=O)NC(=O)C(C)NC(C)Cn1cccn1. The van der Waals surface area contributed by atoms with E-state index in [0.717, 1.165) is 0 Å².